The van der Waals surface area contributed by atoms with E-state index in [0.29, 0.717) is 31.8 Å². The minimum atomic E-state index is -0.579. The summed E-state index contributed by atoms with van der Waals surface area (Å²) in [7, 11) is 0. The van der Waals surface area contributed by atoms with Crippen molar-refractivity contribution in [1.82, 2.24) is 14.7 Å². The number of thiol groups is 1. The summed E-state index contributed by atoms with van der Waals surface area (Å²) in [6.07, 6.45) is 6.63. The van der Waals surface area contributed by atoms with Crippen LogP contribution in [0.1, 0.15) is 49.9 Å². The van der Waals surface area contributed by atoms with E-state index in [4.69, 9.17) is 17.4 Å². The number of carbonyl (C=O) groups is 2. The number of hydrogen-bond acceptors (Lipinski definition) is 6. The molecule has 1 aromatic carbocycles. The highest BCUT2D eigenvalue weighted by Crippen LogP contribution is 2.39. The van der Waals surface area contributed by atoms with Gasteiger partial charge < -0.3 is 4.74 Å². The second-order valence-corrected chi connectivity index (χ2v) is 9.28. The molecular weight excluding hydrogens is 441 g/mol. The van der Waals surface area contributed by atoms with Gasteiger partial charge in [-0.25, -0.2) is 4.39 Å². The Balaban J connectivity index is 1.51. The van der Waals surface area contributed by atoms with Gasteiger partial charge in [0.2, 0.25) is 0 Å². The van der Waals surface area contributed by atoms with Gasteiger partial charge in [0.25, 0.3) is 0 Å². The molecule has 0 radical (unpaired) electrons. The van der Waals surface area contributed by atoms with Gasteiger partial charge in [-0.3, -0.25) is 19.2 Å². The van der Waals surface area contributed by atoms with E-state index in [1.807, 2.05) is 18.3 Å². The SMILES string of the molecule is CCOC(=O)CCn1ccc(C=C2CN(C(C(=O)C3CC3)c3ccccc3F)CCC2S)n1. The van der Waals surface area contributed by atoms with Crippen LogP contribution in [0.25, 0.3) is 6.08 Å². The predicted molar refractivity (Wildman–Crippen MR) is 127 cm³/mol. The van der Waals surface area contributed by atoms with Crippen LogP contribution < -0.4 is 0 Å². The van der Waals surface area contributed by atoms with E-state index in [0.717, 1.165) is 30.5 Å². The fraction of sp³-hybridized carbons (Fsp3) is 0.480. The van der Waals surface area contributed by atoms with Gasteiger partial charge in [0.1, 0.15) is 5.82 Å². The number of aromatic nitrogens is 2. The van der Waals surface area contributed by atoms with Crippen molar-refractivity contribution in [3.8, 4) is 0 Å². The number of aryl methyl sites for hydroxylation is 1. The molecular formula is C25H30FN3O3S. The summed E-state index contributed by atoms with van der Waals surface area (Å²) in [6.45, 7) is 3.81. The van der Waals surface area contributed by atoms with Gasteiger partial charge in [-0.2, -0.15) is 17.7 Å². The molecule has 2 aromatic rings. The minimum Gasteiger partial charge on any atom is -0.466 e. The highest BCUT2D eigenvalue weighted by atomic mass is 32.1. The zero-order chi connectivity index (χ0) is 23.4. The number of piperidine rings is 1. The van der Waals surface area contributed by atoms with Crippen LogP contribution in [0.5, 0.6) is 0 Å². The number of esters is 1. The van der Waals surface area contributed by atoms with E-state index in [1.165, 1.54) is 6.07 Å². The summed E-state index contributed by atoms with van der Waals surface area (Å²) in [4.78, 5) is 26.8. The average molecular weight is 472 g/mol. The first kappa shape index (κ1) is 23.7. The van der Waals surface area contributed by atoms with E-state index in [2.05, 4.69) is 10.00 Å². The maximum absolute atomic E-state index is 14.7. The number of nitrogens with zero attached hydrogens (tertiary/aromatic N) is 3. The Labute approximate surface area is 199 Å². The molecule has 2 aliphatic rings. The maximum atomic E-state index is 14.7. The zero-order valence-corrected chi connectivity index (χ0v) is 19.7. The van der Waals surface area contributed by atoms with E-state index in [-0.39, 0.29) is 35.2 Å². The quantitative estimate of drug-likeness (QED) is 0.441. The maximum Gasteiger partial charge on any atom is 0.307 e. The Hall–Kier alpha value is -2.45. The van der Waals surface area contributed by atoms with Gasteiger partial charge in [-0.1, -0.05) is 18.2 Å². The van der Waals surface area contributed by atoms with Crippen LogP contribution in [0.15, 0.2) is 42.1 Å². The van der Waals surface area contributed by atoms with Gasteiger partial charge in [-0.15, -0.1) is 0 Å². The Morgan fingerprint density at radius 3 is 2.79 bits per heavy atom. The zero-order valence-electron chi connectivity index (χ0n) is 18.8. The summed E-state index contributed by atoms with van der Waals surface area (Å²) < 4.78 is 21.4. The Kier molecular flexibility index (Phi) is 7.65. The molecule has 2 unspecified atom stereocenters. The lowest BCUT2D eigenvalue weighted by molar-refractivity contribution is -0.143. The molecule has 8 heteroatoms. The third-order valence-corrected chi connectivity index (χ3v) is 6.75. The van der Waals surface area contributed by atoms with E-state index in [9.17, 15) is 14.0 Å². The van der Waals surface area contributed by atoms with Gasteiger partial charge >= 0.3 is 5.97 Å². The minimum absolute atomic E-state index is 0.0332. The van der Waals surface area contributed by atoms with Crippen molar-refractivity contribution in [3.05, 3.63) is 59.2 Å². The van der Waals surface area contributed by atoms with Gasteiger partial charge in [-0.05, 0) is 50.0 Å². The monoisotopic (exact) mass is 471 g/mol. The number of rotatable bonds is 9. The van der Waals surface area contributed by atoms with Gasteiger partial charge in [0.05, 0.1) is 31.3 Å². The molecule has 6 nitrogen and oxygen atoms in total. The number of ketones is 1. The molecule has 33 heavy (non-hydrogen) atoms. The standard InChI is InChI=1S/C25H30FN3O3S/c1-2-32-23(30)11-14-29-13-9-19(27-29)15-18-16-28(12-10-22(18)33)24(25(31)17-7-8-17)20-5-3-4-6-21(20)26/h3-6,9,13,15,17,22,24,33H,2,7-8,10-12,14,16H2,1H3. The molecule has 0 N–H and O–H groups in total. The third kappa shape index (κ3) is 5.92. The normalized spacial score (nSPS) is 21.2. The Bertz CT molecular complexity index is 1030. The predicted octanol–water partition coefficient (Wildman–Crippen LogP) is 4.08. The molecule has 1 aromatic heterocycles. The molecule has 2 fully saturated rings. The number of carbonyl (C=O) groups excluding carboxylic acids is 2. The highest BCUT2D eigenvalue weighted by Gasteiger charge is 2.40. The molecule has 1 saturated heterocycles. The second-order valence-electron chi connectivity index (χ2n) is 8.65. The van der Waals surface area contributed by atoms with Crippen LogP contribution in [-0.4, -0.2) is 51.4 Å². The molecule has 2 atom stereocenters. The lowest BCUT2D eigenvalue weighted by Crippen LogP contribution is -2.42. The number of halogens is 1. The van der Waals surface area contributed by atoms with E-state index < -0.39 is 6.04 Å². The van der Waals surface area contributed by atoms with Crippen LogP contribution in [0, 0.1) is 11.7 Å². The van der Waals surface area contributed by atoms with Crippen LogP contribution in [0.3, 0.4) is 0 Å². The number of ether oxygens (including phenoxy) is 1. The fourth-order valence-electron chi connectivity index (χ4n) is 4.28. The molecule has 1 aliphatic heterocycles. The topological polar surface area (TPSA) is 64.4 Å². The molecule has 0 spiro atoms. The third-order valence-electron chi connectivity index (χ3n) is 6.16. The van der Waals surface area contributed by atoms with Gasteiger partial charge in [0, 0.05) is 36.0 Å². The number of hydrogen-bond donors (Lipinski definition) is 1. The Morgan fingerprint density at radius 1 is 1.27 bits per heavy atom. The molecule has 0 amide bonds. The molecule has 1 saturated carbocycles. The van der Waals surface area contributed by atoms with Crippen molar-refractivity contribution in [1.29, 1.82) is 0 Å². The first-order valence-electron chi connectivity index (χ1n) is 11.6. The van der Waals surface area contributed by atoms with Crippen LogP contribution in [-0.2, 0) is 20.9 Å². The molecule has 0 bridgehead atoms. The largest absolute Gasteiger partial charge is 0.466 e. The van der Waals surface area contributed by atoms with Crippen molar-refractivity contribution >= 4 is 30.5 Å². The fourth-order valence-corrected chi connectivity index (χ4v) is 4.55. The number of Topliss-reactive ketones (excluding diaryl/α,β-unsaturated/α-hetero) is 1. The van der Waals surface area contributed by atoms with Crippen molar-refractivity contribution in [2.45, 2.75) is 50.4 Å². The van der Waals surface area contributed by atoms with Crippen molar-refractivity contribution in [2.24, 2.45) is 5.92 Å². The summed E-state index contributed by atoms with van der Waals surface area (Å²) in [5.41, 5.74) is 2.27. The highest BCUT2D eigenvalue weighted by molar-refractivity contribution is 7.81. The summed E-state index contributed by atoms with van der Waals surface area (Å²) >= 11 is 4.76. The molecule has 4 rings (SSSR count). The van der Waals surface area contributed by atoms with E-state index >= 15 is 0 Å². The smallest absolute Gasteiger partial charge is 0.307 e. The average Bonchev–Trinajstić information content (AvgIpc) is 3.56. The van der Waals surface area contributed by atoms with E-state index in [1.54, 1.807) is 29.8 Å². The molecule has 1 aliphatic carbocycles. The van der Waals surface area contributed by atoms with Crippen LogP contribution in [0.4, 0.5) is 4.39 Å². The first-order valence-corrected chi connectivity index (χ1v) is 12.1. The number of benzene rings is 1. The van der Waals surface area contributed by atoms with Crippen molar-refractivity contribution in [2.75, 3.05) is 19.7 Å². The Morgan fingerprint density at radius 2 is 2.06 bits per heavy atom. The second kappa shape index (κ2) is 10.7. The van der Waals surface area contributed by atoms with Crippen molar-refractivity contribution in [3.63, 3.8) is 0 Å². The summed E-state index contributed by atoms with van der Waals surface area (Å²) in [5, 5.41) is 4.58. The van der Waals surface area contributed by atoms with Crippen molar-refractivity contribution < 1.29 is 18.7 Å². The number of likely N-dealkylation sites (tertiary alicyclic amines) is 1. The lowest BCUT2D eigenvalue weighted by Gasteiger charge is -2.37. The lowest BCUT2D eigenvalue weighted by atomic mass is 9.93. The summed E-state index contributed by atoms with van der Waals surface area (Å²) in [6, 6.07) is 7.90. The molecule has 2 heterocycles. The molecule has 176 valence electrons. The van der Waals surface area contributed by atoms with Crippen LogP contribution in [0.2, 0.25) is 0 Å². The van der Waals surface area contributed by atoms with Crippen LogP contribution >= 0.6 is 12.6 Å². The first-order chi connectivity index (χ1) is 16.0. The van der Waals surface area contributed by atoms with Gasteiger partial charge in [0.15, 0.2) is 5.78 Å². The summed E-state index contributed by atoms with van der Waals surface area (Å²) in [5.74, 6) is -0.438.